The van der Waals surface area contributed by atoms with Crippen LogP contribution in [0.4, 0.5) is 0 Å². The smallest absolute Gasteiger partial charge is 0.0705 e. The molecule has 96 valence electrons. The van der Waals surface area contributed by atoms with Gasteiger partial charge in [-0.2, -0.15) is 0 Å². The molecule has 1 saturated heterocycles. The molecule has 1 aromatic heterocycles. The molecule has 0 spiro atoms. The molecule has 1 aromatic carbocycles. The zero-order valence-corrected chi connectivity index (χ0v) is 11.2. The molecule has 0 saturated carbocycles. The number of hydrogen-bond donors (Lipinski definition) is 2. The number of aromatic amines is 1. The van der Waals surface area contributed by atoms with E-state index >= 15 is 0 Å². The van der Waals surface area contributed by atoms with E-state index in [1.807, 2.05) is 24.3 Å². The van der Waals surface area contributed by atoms with E-state index in [9.17, 15) is 0 Å². The SMILES string of the molecule is CC1(CNCc2[nH]c3ccccc3c2Cl)COC1. The third kappa shape index (κ3) is 2.14. The van der Waals surface area contributed by atoms with Crippen molar-refractivity contribution >= 4 is 22.5 Å². The molecule has 0 bridgehead atoms. The summed E-state index contributed by atoms with van der Waals surface area (Å²) in [6, 6.07) is 8.11. The molecule has 3 rings (SSSR count). The van der Waals surface area contributed by atoms with E-state index in [2.05, 4.69) is 17.2 Å². The van der Waals surface area contributed by atoms with Gasteiger partial charge in [-0.1, -0.05) is 36.7 Å². The normalized spacial score (nSPS) is 17.9. The molecular formula is C14H17ClN2O. The lowest BCUT2D eigenvalue weighted by Gasteiger charge is -2.38. The molecule has 2 aromatic rings. The maximum atomic E-state index is 6.36. The van der Waals surface area contributed by atoms with Crippen LogP contribution in [0.5, 0.6) is 0 Å². The van der Waals surface area contributed by atoms with Crippen LogP contribution in [0.3, 0.4) is 0 Å². The molecule has 18 heavy (non-hydrogen) atoms. The van der Waals surface area contributed by atoms with Crippen molar-refractivity contribution in [1.29, 1.82) is 0 Å². The van der Waals surface area contributed by atoms with E-state index in [-0.39, 0.29) is 0 Å². The summed E-state index contributed by atoms with van der Waals surface area (Å²) in [5.41, 5.74) is 2.44. The number of aromatic nitrogens is 1. The van der Waals surface area contributed by atoms with Gasteiger partial charge in [0.15, 0.2) is 0 Å². The molecule has 1 fully saturated rings. The van der Waals surface area contributed by atoms with Crippen LogP contribution < -0.4 is 5.32 Å². The van der Waals surface area contributed by atoms with Crippen LogP contribution in [0.1, 0.15) is 12.6 Å². The third-order valence-corrected chi connectivity index (χ3v) is 3.90. The summed E-state index contributed by atoms with van der Waals surface area (Å²) < 4.78 is 5.24. The van der Waals surface area contributed by atoms with Crippen LogP contribution in [-0.2, 0) is 11.3 Å². The minimum absolute atomic E-state index is 0.290. The first-order valence-corrected chi connectivity index (χ1v) is 6.59. The number of rotatable bonds is 4. The van der Waals surface area contributed by atoms with E-state index in [1.54, 1.807) is 0 Å². The molecule has 0 amide bonds. The quantitative estimate of drug-likeness (QED) is 0.891. The second kappa shape index (κ2) is 4.57. The molecule has 1 aliphatic rings. The summed E-state index contributed by atoms with van der Waals surface area (Å²) in [6.45, 7) is 5.65. The number of benzene rings is 1. The molecule has 0 radical (unpaired) electrons. The fourth-order valence-electron chi connectivity index (χ4n) is 2.33. The van der Waals surface area contributed by atoms with Crippen LogP contribution in [0, 0.1) is 5.41 Å². The van der Waals surface area contributed by atoms with Crippen molar-refractivity contribution in [2.75, 3.05) is 19.8 Å². The van der Waals surface area contributed by atoms with Crippen molar-refractivity contribution in [2.24, 2.45) is 5.41 Å². The molecular weight excluding hydrogens is 248 g/mol. The number of halogens is 1. The molecule has 2 N–H and O–H groups in total. The number of nitrogens with one attached hydrogen (secondary N) is 2. The van der Waals surface area contributed by atoms with Gasteiger partial charge >= 0.3 is 0 Å². The van der Waals surface area contributed by atoms with E-state index in [4.69, 9.17) is 16.3 Å². The predicted octanol–water partition coefficient (Wildman–Crippen LogP) is 2.95. The second-order valence-electron chi connectivity index (χ2n) is 5.37. The summed E-state index contributed by atoms with van der Waals surface area (Å²) in [5.74, 6) is 0. The zero-order valence-electron chi connectivity index (χ0n) is 10.4. The Balaban J connectivity index is 1.69. The van der Waals surface area contributed by atoms with Gasteiger partial charge in [0.1, 0.15) is 0 Å². The Bertz CT molecular complexity index is 560. The number of H-pyrrole nitrogens is 1. The molecule has 1 aliphatic heterocycles. The highest BCUT2D eigenvalue weighted by atomic mass is 35.5. The van der Waals surface area contributed by atoms with Gasteiger partial charge < -0.3 is 15.0 Å². The van der Waals surface area contributed by atoms with Crippen LogP contribution in [0.2, 0.25) is 5.02 Å². The van der Waals surface area contributed by atoms with E-state index in [1.165, 1.54) is 0 Å². The molecule has 3 nitrogen and oxygen atoms in total. The largest absolute Gasteiger partial charge is 0.380 e. The molecule has 2 heterocycles. The molecule has 4 heteroatoms. The first kappa shape index (κ1) is 12.0. The van der Waals surface area contributed by atoms with Crippen LogP contribution in [0.15, 0.2) is 24.3 Å². The highest BCUT2D eigenvalue weighted by Gasteiger charge is 2.32. The van der Waals surface area contributed by atoms with Crippen molar-refractivity contribution in [3.05, 3.63) is 35.0 Å². The third-order valence-electron chi connectivity index (χ3n) is 3.47. The fourth-order valence-corrected chi connectivity index (χ4v) is 2.61. The van der Waals surface area contributed by atoms with Gasteiger partial charge in [0.25, 0.3) is 0 Å². The Morgan fingerprint density at radius 3 is 2.83 bits per heavy atom. The Kier molecular flexibility index (Phi) is 3.06. The molecule has 0 aliphatic carbocycles. The number of para-hydroxylation sites is 1. The minimum Gasteiger partial charge on any atom is -0.380 e. The van der Waals surface area contributed by atoms with Crippen LogP contribution in [-0.4, -0.2) is 24.7 Å². The Labute approximate surface area is 111 Å². The summed E-state index contributed by atoms with van der Waals surface area (Å²) >= 11 is 6.36. The van der Waals surface area contributed by atoms with Crippen molar-refractivity contribution in [3.63, 3.8) is 0 Å². The van der Waals surface area contributed by atoms with Crippen LogP contribution >= 0.6 is 11.6 Å². The van der Waals surface area contributed by atoms with E-state index in [0.29, 0.717) is 5.41 Å². The number of hydrogen-bond acceptors (Lipinski definition) is 2. The van der Waals surface area contributed by atoms with Crippen molar-refractivity contribution in [1.82, 2.24) is 10.3 Å². The average Bonchev–Trinajstić information content (AvgIpc) is 2.65. The lowest BCUT2D eigenvalue weighted by molar-refractivity contribution is -0.0991. The summed E-state index contributed by atoms with van der Waals surface area (Å²) in [7, 11) is 0. The van der Waals surface area contributed by atoms with Gasteiger partial charge in [0.05, 0.1) is 18.2 Å². The van der Waals surface area contributed by atoms with Crippen molar-refractivity contribution in [2.45, 2.75) is 13.5 Å². The van der Waals surface area contributed by atoms with Gasteiger partial charge in [-0.3, -0.25) is 0 Å². The second-order valence-corrected chi connectivity index (χ2v) is 5.75. The summed E-state index contributed by atoms with van der Waals surface area (Å²) in [6.07, 6.45) is 0. The maximum absolute atomic E-state index is 6.36. The lowest BCUT2D eigenvalue weighted by Crippen LogP contribution is -2.47. The zero-order chi connectivity index (χ0) is 12.6. The van der Waals surface area contributed by atoms with Gasteiger partial charge in [-0.15, -0.1) is 0 Å². The first-order valence-electron chi connectivity index (χ1n) is 6.22. The fraction of sp³-hybridized carbons (Fsp3) is 0.429. The molecule has 0 atom stereocenters. The van der Waals surface area contributed by atoms with Gasteiger partial charge in [-0.25, -0.2) is 0 Å². The molecule has 0 unspecified atom stereocenters. The average molecular weight is 265 g/mol. The summed E-state index contributed by atoms with van der Waals surface area (Å²) in [4.78, 5) is 3.36. The minimum atomic E-state index is 0.290. The standard InChI is InChI=1S/C14H17ClN2O/c1-14(8-18-9-14)7-16-6-12-13(15)10-4-2-3-5-11(10)17-12/h2-5,16-17H,6-9H2,1H3. The monoisotopic (exact) mass is 264 g/mol. The first-order chi connectivity index (χ1) is 8.68. The predicted molar refractivity (Wildman–Crippen MR) is 73.9 cm³/mol. The Morgan fingerprint density at radius 1 is 1.39 bits per heavy atom. The maximum Gasteiger partial charge on any atom is 0.0705 e. The van der Waals surface area contributed by atoms with E-state index in [0.717, 1.165) is 47.9 Å². The topological polar surface area (TPSA) is 37.0 Å². The van der Waals surface area contributed by atoms with Gasteiger partial charge in [0.2, 0.25) is 0 Å². The Morgan fingerprint density at radius 2 is 2.17 bits per heavy atom. The van der Waals surface area contributed by atoms with Crippen molar-refractivity contribution in [3.8, 4) is 0 Å². The van der Waals surface area contributed by atoms with Gasteiger partial charge in [0, 0.05) is 35.1 Å². The lowest BCUT2D eigenvalue weighted by atomic mass is 9.89. The van der Waals surface area contributed by atoms with Crippen LogP contribution in [0.25, 0.3) is 10.9 Å². The highest BCUT2D eigenvalue weighted by Crippen LogP contribution is 2.28. The highest BCUT2D eigenvalue weighted by molar-refractivity contribution is 6.36. The van der Waals surface area contributed by atoms with Crippen molar-refractivity contribution < 1.29 is 4.74 Å². The number of ether oxygens (including phenoxy) is 1. The Hall–Kier alpha value is -1.03. The summed E-state index contributed by atoms with van der Waals surface area (Å²) in [5, 5.41) is 5.37. The van der Waals surface area contributed by atoms with Gasteiger partial charge in [-0.05, 0) is 6.07 Å². The van der Waals surface area contributed by atoms with E-state index < -0.39 is 0 Å². The number of fused-ring (bicyclic) bond motifs is 1.